The number of imidazole rings is 1. The lowest BCUT2D eigenvalue weighted by Gasteiger charge is -2.29. The Bertz CT molecular complexity index is 1910. The molecule has 0 spiro atoms. The maximum Gasteiger partial charge on any atom is 0.336 e. The summed E-state index contributed by atoms with van der Waals surface area (Å²) in [5, 5.41) is 14.3. The van der Waals surface area contributed by atoms with Crippen molar-refractivity contribution in [3.63, 3.8) is 0 Å². The largest absolute Gasteiger partial charge is 0.423 e. The minimum Gasteiger partial charge on any atom is -0.423 e. The number of fused-ring (bicyclic) bond motifs is 2. The molecule has 0 unspecified atom stereocenters. The van der Waals surface area contributed by atoms with Crippen LogP contribution in [-0.4, -0.2) is 115 Å². The van der Waals surface area contributed by atoms with Gasteiger partial charge in [-0.2, -0.15) is 0 Å². The van der Waals surface area contributed by atoms with Crippen LogP contribution >= 0.6 is 0 Å². The smallest absolute Gasteiger partial charge is 0.336 e. The van der Waals surface area contributed by atoms with E-state index in [9.17, 15) is 33.6 Å². The van der Waals surface area contributed by atoms with Crippen molar-refractivity contribution in [3.05, 3.63) is 58.5 Å². The monoisotopic (exact) mass is 762 g/mol. The number of aromatic amines is 1. The quantitative estimate of drug-likeness (QED) is 0.0819. The van der Waals surface area contributed by atoms with E-state index in [1.165, 1.54) is 23.5 Å². The molecule has 0 aliphatic carbocycles. The van der Waals surface area contributed by atoms with Gasteiger partial charge in [-0.25, -0.2) is 9.78 Å². The van der Waals surface area contributed by atoms with Crippen LogP contribution in [0.3, 0.4) is 0 Å². The highest BCUT2D eigenvalue weighted by Gasteiger charge is 2.39. The zero-order valence-corrected chi connectivity index (χ0v) is 31.2. The number of nitrogens with one attached hydrogen (secondary N) is 6. The van der Waals surface area contributed by atoms with Crippen molar-refractivity contribution < 1.29 is 33.2 Å². The third kappa shape index (κ3) is 10.9. The summed E-state index contributed by atoms with van der Waals surface area (Å²) >= 11 is 0. The average Bonchev–Trinajstić information content (AvgIpc) is 3.86. The fraction of sp³-hybridized carbons (Fsp3) is 0.514. The predicted octanol–water partition coefficient (Wildman–Crippen LogP) is -1.03. The van der Waals surface area contributed by atoms with Crippen molar-refractivity contribution in [2.45, 2.75) is 82.0 Å². The molecule has 4 atom stereocenters. The maximum absolute atomic E-state index is 13.9. The Morgan fingerprint density at radius 1 is 0.964 bits per heavy atom. The number of anilines is 1. The lowest BCUT2D eigenvalue weighted by atomic mass is 10.0. The van der Waals surface area contributed by atoms with E-state index in [2.05, 4.69) is 36.6 Å². The number of nitrogens with two attached hydrogens (primary N) is 1. The second-order valence-corrected chi connectivity index (χ2v) is 14.0. The number of rotatable bonds is 13. The van der Waals surface area contributed by atoms with E-state index in [1.54, 1.807) is 12.1 Å². The number of aromatic nitrogens is 2. The minimum absolute atomic E-state index is 0.0462. The Hall–Kier alpha value is -5.78. The summed E-state index contributed by atoms with van der Waals surface area (Å²) in [4.78, 5) is 103. The molecule has 2 aliphatic heterocycles. The summed E-state index contributed by atoms with van der Waals surface area (Å²) < 4.78 is 5.36. The Morgan fingerprint density at radius 3 is 2.44 bits per heavy atom. The Kier molecular flexibility index (Phi) is 14.0. The molecule has 8 N–H and O–H groups in total. The van der Waals surface area contributed by atoms with E-state index in [0.29, 0.717) is 60.9 Å². The van der Waals surface area contributed by atoms with E-state index in [1.807, 2.05) is 25.1 Å². The van der Waals surface area contributed by atoms with Crippen LogP contribution in [0.4, 0.5) is 5.69 Å². The van der Waals surface area contributed by atoms with E-state index >= 15 is 0 Å². The number of benzene rings is 1. The van der Waals surface area contributed by atoms with Gasteiger partial charge in [0.05, 0.1) is 19.3 Å². The molecule has 4 heterocycles. The molecule has 5 rings (SSSR count). The highest BCUT2D eigenvalue weighted by molar-refractivity contribution is 5.97. The van der Waals surface area contributed by atoms with Gasteiger partial charge in [-0.3, -0.25) is 28.8 Å². The highest BCUT2D eigenvalue weighted by Crippen LogP contribution is 2.23. The van der Waals surface area contributed by atoms with Crippen LogP contribution in [0.1, 0.15) is 56.2 Å². The number of carbonyl (C=O) groups excluding carboxylic acids is 6. The number of amides is 6. The van der Waals surface area contributed by atoms with Gasteiger partial charge in [0.1, 0.15) is 29.8 Å². The zero-order chi connectivity index (χ0) is 39.5. The molecule has 18 nitrogen and oxygen atoms in total. The molecule has 2 saturated heterocycles. The summed E-state index contributed by atoms with van der Waals surface area (Å²) in [6.07, 6.45) is 5.53. The first-order chi connectivity index (χ1) is 26.4. The second-order valence-electron chi connectivity index (χ2n) is 14.0. The van der Waals surface area contributed by atoms with Crippen molar-refractivity contribution in [1.82, 2.24) is 41.5 Å². The van der Waals surface area contributed by atoms with Gasteiger partial charge in [0, 0.05) is 68.7 Å². The van der Waals surface area contributed by atoms with Crippen LogP contribution in [0, 0.1) is 0 Å². The van der Waals surface area contributed by atoms with Crippen molar-refractivity contribution in [1.29, 1.82) is 0 Å². The highest BCUT2D eigenvalue weighted by atomic mass is 16.4. The first-order valence-corrected chi connectivity index (χ1v) is 18.6. The van der Waals surface area contributed by atoms with Gasteiger partial charge in [0.15, 0.2) is 0 Å². The molecule has 3 aromatic rings. The van der Waals surface area contributed by atoms with Crippen LogP contribution in [0.5, 0.6) is 0 Å². The number of hydrogen-bond acceptors (Lipinski definition) is 11. The third-order valence-electron chi connectivity index (χ3n) is 9.76. The van der Waals surface area contributed by atoms with Gasteiger partial charge in [-0.1, -0.05) is 0 Å². The molecule has 0 saturated carbocycles. The molecule has 0 radical (unpaired) electrons. The molecule has 2 fully saturated rings. The summed E-state index contributed by atoms with van der Waals surface area (Å²) in [5.41, 5.74) is 7.53. The SMILES string of the molecule is CN(C)c1ccc2c(CC(=O)NCCCC[C@@H]3NC(=O)CNC(=O)[C@@H]4CCCN4C(=O)[C@H](Cc4cnc[nH]4)NC(=O)[C@H](CCCN)NC3=O)cc(=O)oc2c1. The topological polar surface area (TPSA) is 254 Å². The van der Waals surface area contributed by atoms with Crippen molar-refractivity contribution in [2.24, 2.45) is 5.73 Å². The van der Waals surface area contributed by atoms with Crippen molar-refractivity contribution >= 4 is 52.1 Å². The molecule has 1 aromatic carbocycles. The van der Waals surface area contributed by atoms with E-state index in [4.69, 9.17) is 10.2 Å². The van der Waals surface area contributed by atoms with Crippen LogP contribution in [0.2, 0.25) is 0 Å². The van der Waals surface area contributed by atoms with Crippen LogP contribution in [0.25, 0.3) is 11.0 Å². The lowest BCUT2D eigenvalue weighted by Crippen LogP contribution is -2.58. The molecule has 0 bridgehead atoms. The van der Waals surface area contributed by atoms with Gasteiger partial charge >= 0.3 is 5.63 Å². The van der Waals surface area contributed by atoms with Gasteiger partial charge in [0.25, 0.3) is 0 Å². The van der Waals surface area contributed by atoms with Gasteiger partial charge in [0.2, 0.25) is 35.4 Å². The number of H-pyrrole nitrogens is 1. The third-order valence-corrected chi connectivity index (χ3v) is 9.76. The van der Waals surface area contributed by atoms with Gasteiger partial charge in [-0.15, -0.1) is 0 Å². The number of carbonyl (C=O) groups is 6. The fourth-order valence-corrected chi connectivity index (χ4v) is 6.83. The molecule has 55 heavy (non-hydrogen) atoms. The summed E-state index contributed by atoms with van der Waals surface area (Å²) in [6.45, 7) is 0.376. The fourth-order valence-electron chi connectivity index (χ4n) is 6.83. The molecular formula is C37H50N10O8. The molecular weight excluding hydrogens is 712 g/mol. The van der Waals surface area contributed by atoms with Crippen LogP contribution < -0.4 is 42.8 Å². The Labute approximate surface area is 317 Å². The lowest BCUT2D eigenvalue weighted by molar-refractivity contribution is -0.142. The summed E-state index contributed by atoms with van der Waals surface area (Å²) in [6, 6.07) is 2.67. The summed E-state index contributed by atoms with van der Waals surface area (Å²) in [7, 11) is 3.73. The zero-order valence-electron chi connectivity index (χ0n) is 31.2. The first kappa shape index (κ1) is 40.4. The second kappa shape index (κ2) is 19.0. The normalized spacial score (nSPS) is 21.1. The minimum atomic E-state index is -1.08. The van der Waals surface area contributed by atoms with E-state index in [0.717, 1.165) is 5.69 Å². The van der Waals surface area contributed by atoms with Crippen LogP contribution in [0.15, 0.2) is 46.0 Å². The van der Waals surface area contributed by atoms with Crippen LogP contribution in [-0.2, 0) is 41.6 Å². The van der Waals surface area contributed by atoms with Crippen molar-refractivity contribution in [3.8, 4) is 0 Å². The Balaban J connectivity index is 1.24. The van der Waals surface area contributed by atoms with E-state index in [-0.39, 0.29) is 44.7 Å². The number of nitrogens with zero attached hydrogens (tertiary/aromatic N) is 3. The average molecular weight is 763 g/mol. The molecule has 296 valence electrons. The van der Waals surface area contributed by atoms with Crippen molar-refractivity contribution in [2.75, 3.05) is 45.2 Å². The van der Waals surface area contributed by atoms with Gasteiger partial charge < -0.3 is 51.5 Å². The molecule has 2 aliphatic rings. The number of unbranched alkanes of at least 4 members (excludes halogenated alkanes) is 1. The Morgan fingerprint density at radius 2 is 1.71 bits per heavy atom. The van der Waals surface area contributed by atoms with E-state index < -0.39 is 65.9 Å². The first-order valence-electron chi connectivity index (χ1n) is 18.6. The van der Waals surface area contributed by atoms with Gasteiger partial charge in [-0.05, 0) is 69.2 Å². The predicted molar refractivity (Wildman–Crippen MR) is 201 cm³/mol. The summed E-state index contributed by atoms with van der Waals surface area (Å²) in [5.74, 6) is -3.13. The molecule has 6 amide bonds. The standard InChI is InChI=1S/C37H50N10O8/c1-46(2)24-10-11-25-22(16-33(50)55-30(25)18-24)15-31(48)40-13-4-3-7-26-34(51)44-27(8-5-12-38)35(52)45-28(17-23-19-39-21-42-23)37(54)47-14-6-9-29(47)36(53)41-20-32(49)43-26/h10-11,16,18-19,21,26-29H,3-9,12-15,17,20,38H2,1-2H3,(H,39,42)(H,40,48)(H,41,53)(H,43,49)(H,44,51)(H,45,52)/t26-,27-,28-,29-/m0/s1. The number of hydrogen-bond donors (Lipinski definition) is 7. The molecule has 2 aromatic heterocycles. The maximum atomic E-state index is 13.9. The molecule has 18 heteroatoms.